The number of amides is 1. The first-order chi connectivity index (χ1) is 9.31. The number of nitrogens with zero attached hydrogens (tertiary/aromatic N) is 5. The summed E-state index contributed by atoms with van der Waals surface area (Å²) >= 11 is 0. The van der Waals surface area contributed by atoms with E-state index in [0.29, 0.717) is 5.69 Å². The third-order valence-electron chi connectivity index (χ3n) is 2.57. The molecular formula is C12H10N6O. The molecule has 7 heteroatoms. The Bertz CT molecular complexity index is 709. The zero-order valence-corrected chi connectivity index (χ0v) is 9.89. The lowest BCUT2D eigenvalue weighted by Gasteiger charge is -2.05. The van der Waals surface area contributed by atoms with Gasteiger partial charge in [0.25, 0.3) is 0 Å². The molecule has 0 aliphatic rings. The van der Waals surface area contributed by atoms with E-state index in [-0.39, 0.29) is 12.5 Å². The lowest BCUT2D eigenvalue weighted by atomic mass is 10.2. The van der Waals surface area contributed by atoms with Gasteiger partial charge >= 0.3 is 0 Å². The third-order valence-corrected chi connectivity index (χ3v) is 2.57. The van der Waals surface area contributed by atoms with E-state index in [1.807, 2.05) is 30.3 Å². The Labute approximate surface area is 108 Å². The van der Waals surface area contributed by atoms with Crippen LogP contribution in [-0.4, -0.2) is 31.1 Å². The fourth-order valence-corrected chi connectivity index (χ4v) is 1.74. The summed E-state index contributed by atoms with van der Waals surface area (Å²) in [6.45, 7) is 0.0693. The number of hydrogen-bond donors (Lipinski definition) is 1. The normalized spacial score (nSPS) is 10.5. The molecule has 3 rings (SSSR count). The largest absolute Gasteiger partial charge is 0.323 e. The smallest absolute Gasteiger partial charge is 0.246 e. The minimum absolute atomic E-state index is 0.0693. The summed E-state index contributed by atoms with van der Waals surface area (Å²) in [4.78, 5) is 16.0. The average molecular weight is 254 g/mol. The van der Waals surface area contributed by atoms with Gasteiger partial charge < -0.3 is 5.32 Å². The predicted molar refractivity (Wildman–Crippen MR) is 68.2 cm³/mol. The standard InChI is InChI=1S/C12H10N6O/c19-12(7-18-8-14-16-17-18)15-10-5-9-3-1-2-4-11(9)13-6-10/h1-6,8H,7H2,(H,15,19). The molecule has 3 aromatic rings. The summed E-state index contributed by atoms with van der Waals surface area (Å²) < 4.78 is 1.35. The van der Waals surface area contributed by atoms with Crippen molar-refractivity contribution >= 4 is 22.5 Å². The topological polar surface area (TPSA) is 85.6 Å². The van der Waals surface area contributed by atoms with Crippen LogP contribution >= 0.6 is 0 Å². The van der Waals surface area contributed by atoms with Crippen molar-refractivity contribution in [2.45, 2.75) is 6.54 Å². The van der Waals surface area contributed by atoms with Crippen LogP contribution in [0.25, 0.3) is 10.9 Å². The van der Waals surface area contributed by atoms with Crippen LogP contribution in [0.2, 0.25) is 0 Å². The van der Waals surface area contributed by atoms with E-state index in [1.165, 1.54) is 11.0 Å². The molecule has 94 valence electrons. The van der Waals surface area contributed by atoms with Gasteiger partial charge in [-0.05, 0) is 22.6 Å². The van der Waals surface area contributed by atoms with Gasteiger partial charge in [0.05, 0.1) is 17.4 Å². The molecule has 0 atom stereocenters. The highest BCUT2D eigenvalue weighted by atomic mass is 16.2. The number of hydrogen-bond acceptors (Lipinski definition) is 5. The number of nitrogens with one attached hydrogen (secondary N) is 1. The molecular weight excluding hydrogens is 244 g/mol. The van der Waals surface area contributed by atoms with Crippen LogP contribution in [0, 0.1) is 0 Å². The predicted octanol–water partition coefficient (Wildman–Crippen LogP) is 0.860. The molecule has 0 saturated carbocycles. The van der Waals surface area contributed by atoms with Crippen LogP contribution < -0.4 is 5.32 Å². The lowest BCUT2D eigenvalue weighted by Crippen LogP contribution is -2.19. The van der Waals surface area contributed by atoms with Gasteiger partial charge in [0, 0.05) is 5.39 Å². The van der Waals surface area contributed by atoms with Crippen molar-refractivity contribution < 1.29 is 4.79 Å². The molecule has 1 aromatic carbocycles. The highest BCUT2D eigenvalue weighted by molar-refractivity contribution is 5.92. The van der Waals surface area contributed by atoms with Gasteiger partial charge in [-0.2, -0.15) is 0 Å². The summed E-state index contributed by atoms with van der Waals surface area (Å²) in [6.07, 6.45) is 3.01. The Balaban J connectivity index is 1.75. The Morgan fingerprint density at radius 1 is 1.32 bits per heavy atom. The molecule has 19 heavy (non-hydrogen) atoms. The second-order valence-electron chi connectivity index (χ2n) is 3.97. The molecule has 0 aliphatic heterocycles. The molecule has 0 aliphatic carbocycles. The summed E-state index contributed by atoms with van der Waals surface area (Å²) in [6, 6.07) is 9.59. The SMILES string of the molecule is O=C(Cn1cnnn1)Nc1cnc2ccccc2c1. The molecule has 0 spiro atoms. The Kier molecular flexibility index (Phi) is 2.85. The summed E-state index contributed by atoms with van der Waals surface area (Å²) in [5, 5.41) is 14.3. The van der Waals surface area contributed by atoms with E-state index >= 15 is 0 Å². The van der Waals surface area contributed by atoms with Crippen LogP contribution in [0.15, 0.2) is 42.9 Å². The van der Waals surface area contributed by atoms with E-state index < -0.39 is 0 Å². The molecule has 2 aromatic heterocycles. The fourth-order valence-electron chi connectivity index (χ4n) is 1.74. The molecule has 0 fully saturated rings. The minimum atomic E-state index is -0.204. The molecule has 2 heterocycles. The van der Waals surface area contributed by atoms with Crippen LogP contribution in [0.1, 0.15) is 0 Å². The number of anilines is 1. The van der Waals surface area contributed by atoms with Gasteiger partial charge in [-0.1, -0.05) is 18.2 Å². The summed E-state index contributed by atoms with van der Waals surface area (Å²) in [5.74, 6) is -0.204. The molecule has 7 nitrogen and oxygen atoms in total. The van der Waals surface area contributed by atoms with E-state index in [4.69, 9.17) is 0 Å². The maximum absolute atomic E-state index is 11.8. The Morgan fingerprint density at radius 2 is 2.21 bits per heavy atom. The number of fused-ring (bicyclic) bond motifs is 1. The van der Waals surface area contributed by atoms with Crippen LogP contribution in [-0.2, 0) is 11.3 Å². The van der Waals surface area contributed by atoms with Crippen LogP contribution in [0.3, 0.4) is 0 Å². The number of para-hydroxylation sites is 1. The Hall–Kier alpha value is -2.83. The van der Waals surface area contributed by atoms with Gasteiger partial charge in [-0.25, -0.2) is 4.68 Å². The molecule has 0 unspecified atom stereocenters. The number of pyridine rings is 1. The van der Waals surface area contributed by atoms with Gasteiger partial charge in [0.1, 0.15) is 12.9 Å². The van der Waals surface area contributed by atoms with Crippen molar-refractivity contribution in [1.29, 1.82) is 0 Å². The van der Waals surface area contributed by atoms with Gasteiger partial charge in [-0.3, -0.25) is 9.78 Å². The number of carbonyl (C=O) groups is 1. The second-order valence-corrected chi connectivity index (χ2v) is 3.97. The maximum Gasteiger partial charge on any atom is 0.246 e. The van der Waals surface area contributed by atoms with Crippen molar-refractivity contribution in [2.24, 2.45) is 0 Å². The Morgan fingerprint density at radius 3 is 3.05 bits per heavy atom. The molecule has 1 N–H and O–H groups in total. The van der Waals surface area contributed by atoms with Crippen molar-refractivity contribution in [3.8, 4) is 0 Å². The van der Waals surface area contributed by atoms with Crippen molar-refractivity contribution in [3.63, 3.8) is 0 Å². The first kappa shape index (κ1) is 11.3. The first-order valence-corrected chi connectivity index (χ1v) is 5.67. The molecule has 0 bridgehead atoms. The zero-order chi connectivity index (χ0) is 13.1. The first-order valence-electron chi connectivity index (χ1n) is 5.67. The van der Waals surface area contributed by atoms with Crippen molar-refractivity contribution in [3.05, 3.63) is 42.9 Å². The maximum atomic E-state index is 11.8. The number of tetrazole rings is 1. The molecule has 0 radical (unpaired) electrons. The zero-order valence-electron chi connectivity index (χ0n) is 9.89. The monoisotopic (exact) mass is 254 g/mol. The fraction of sp³-hybridized carbons (Fsp3) is 0.0833. The van der Waals surface area contributed by atoms with Gasteiger partial charge in [0.15, 0.2) is 0 Å². The third kappa shape index (κ3) is 2.54. The highest BCUT2D eigenvalue weighted by Gasteiger charge is 2.05. The van der Waals surface area contributed by atoms with E-state index in [1.54, 1.807) is 6.20 Å². The second kappa shape index (κ2) is 4.81. The number of aromatic nitrogens is 5. The van der Waals surface area contributed by atoms with Crippen molar-refractivity contribution in [2.75, 3.05) is 5.32 Å². The van der Waals surface area contributed by atoms with Crippen molar-refractivity contribution in [1.82, 2.24) is 25.2 Å². The average Bonchev–Trinajstić information content (AvgIpc) is 2.91. The van der Waals surface area contributed by atoms with Gasteiger partial charge in [0.2, 0.25) is 5.91 Å². The summed E-state index contributed by atoms with van der Waals surface area (Å²) in [7, 11) is 0. The van der Waals surface area contributed by atoms with E-state index in [0.717, 1.165) is 10.9 Å². The minimum Gasteiger partial charge on any atom is -0.323 e. The van der Waals surface area contributed by atoms with Crippen LogP contribution in [0.4, 0.5) is 5.69 Å². The number of benzene rings is 1. The van der Waals surface area contributed by atoms with Gasteiger partial charge in [-0.15, -0.1) is 5.10 Å². The molecule has 0 saturated heterocycles. The highest BCUT2D eigenvalue weighted by Crippen LogP contribution is 2.15. The van der Waals surface area contributed by atoms with Crippen LogP contribution in [0.5, 0.6) is 0 Å². The number of rotatable bonds is 3. The van der Waals surface area contributed by atoms with E-state index in [9.17, 15) is 4.79 Å². The number of carbonyl (C=O) groups excluding carboxylic acids is 1. The quantitative estimate of drug-likeness (QED) is 0.749. The van der Waals surface area contributed by atoms with E-state index in [2.05, 4.69) is 25.8 Å². The summed E-state index contributed by atoms with van der Waals surface area (Å²) in [5.41, 5.74) is 1.54. The lowest BCUT2D eigenvalue weighted by molar-refractivity contribution is -0.116. The molecule has 1 amide bonds.